The lowest BCUT2D eigenvalue weighted by atomic mass is 10.1. The van der Waals surface area contributed by atoms with Crippen molar-refractivity contribution in [1.29, 1.82) is 0 Å². The molecule has 0 heterocycles. The molecule has 2 rings (SSSR count). The third-order valence-electron chi connectivity index (χ3n) is 5.16. The van der Waals surface area contributed by atoms with Gasteiger partial charge in [0.25, 0.3) is 0 Å². The Balaban J connectivity index is 1.92. The zero-order valence-corrected chi connectivity index (χ0v) is 19.4. The molecule has 3 atom stereocenters. The molecule has 1 aromatic carbocycles. The van der Waals surface area contributed by atoms with Crippen LogP contribution < -0.4 is 14.9 Å². The molecular weight excluding hydrogens is 417 g/mol. The summed E-state index contributed by atoms with van der Waals surface area (Å²) in [6.07, 6.45) is 8.48. The van der Waals surface area contributed by atoms with Gasteiger partial charge in [-0.3, -0.25) is 9.59 Å². The van der Waals surface area contributed by atoms with Crippen molar-refractivity contribution in [1.82, 2.24) is 15.3 Å². The third-order valence-corrected chi connectivity index (χ3v) is 6.50. The molecule has 9 heteroatoms. The Morgan fingerprint density at radius 1 is 1.29 bits per heavy atom. The number of nitrogens with one attached hydrogen (secondary N) is 2. The van der Waals surface area contributed by atoms with Crippen molar-refractivity contribution in [2.45, 2.75) is 57.2 Å². The van der Waals surface area contributed by atoms with Gasteiger partial charge in [-0.25, -0.2) is 5.09 Å². The molecule has 3 unspecified atom stereocenters. The lowest BCUT2D eigenvalue weighted by molar-refractivity contribution is -0.118. The maximum absolute atomic E-state index is 11.4. The van der Waals surface area contributed by atoms with E-state index in [9.17, 15) is 9.59 Å². The fourth-order valence-corrected chi connectivity index (χ4v) is 4.63. The van der Waals surface area contributed by atoms with Crippen molar-refractivity contribution in [3.05, 3.63) is 42.6 Å². The number of nitrogens with zero attached hydrogens (tertiary/aromatic N) is 1. The van der Waals surface area contributed by atoms with E-state index in [-0.39, 0.29) is 18.1 Å². The molecule has 2 N–H and O–H groups in total. The molecule has 1 aliphatic carbocycles. The average molecular weight is 452 g/mol. The quantitative estimate of drug-likeness (QED) is 0.256. The first-order valence-corrected chi connectivity index (χ1v) is 11.8. The van der Waals surface area contributed by atoms with Crippen molar-refractivity contribution >= 4 is 20.8 Å². The van der Waals surface area contributed by atoms with Gasteiger partial charge in [-0.15, -0.1) is 0 Å². The molecule has 0 aromatic heterocycles. The smallest absolute Gasteiger partial charge is 0.318 e. The van der Waals surface area contributed by atoms with Crippen LogP contribution in [0.15, 0.2) is 42.6 Å². The molecule has 1 aliphatic rings. The standard InChI is InChI=1S/C22H34N3O5P/c1-18(25(17-26)14-13-22(27)23-2)15-21(28-3)16-29-31(24-19-9-7-8-10-19)30-20-11-5-4-6-12-20/h4-6,11-14,17-19,21,24H,7-10,15-16H2,1-3H3,(H,23,27)/b14-13-. The molecule has 1 saturated carbocycles. The predicted octanol–water partition coefficient (Wildman–Crippen LogP) is 3.35. The minimum atomic E-state index is -1.33. The monoisotopic (exact) mass is 451 g/mol. The van der Waals surface area contributed by atoms with E-state index >= 15 is 0 Å². The van der Waals surface area contributed by atoms with Gasteiger partial charge in [0, 0.05) is 38.5 Å². The summed E-state index contributed by atoms with van der Waals surface area (Å²) in [5, 5.41) is 6.00. The van der Waals surface area contributed by atoms with Crippen LogP contribution in [0.25, 0.3) is 0 Å². The van der Waals surface area contributed by atoms with Gasteiger partial charge in [0.15, 0.2) is 0 Å². The summed E-state index contributed by atoms with van der Waals surface area (Å²) in [4.78, 5) is 24.3. The van der Waals surface area contributed by atoms with Crippen LogP contribution in [0.1, 0.15) is 39.0 Å². The van der Waals surface area contributed by atoms with Crippen molar-refractivity contribution in [2.24, 2.45) is 0 Å². The lowest BCUT2D eigenvalue weighted by Gasteiger charge is -2.27. The molecule has 0 aliphatic heterocycles. The number of carbonyl (C=O) groups is 2. The molecule has 1 aromatic rings. The fourth-order valence-electron chi connectivity index (χ4n) is 3.28. The number of hydrogen-bond acceptors (Lipinski definition) is 6. The molecule has 2 amide bonds. The Morgan fingerprint density at radius 2 is 2.00 bits per heavy atom. The van der Waals surface area contributed by atoms with E-state index in [1.807, 2.05) is 37.3 Å². The van der Waals surface area contributed by atoms with Crippen molar-refractivity contribution in [3.8, 4) is 5.75 Å². The Hall–Kier alpha value is -1.99. The first-order valence-electron chi connectivity index (χ1n) is 10.6. The second-order valence-corrected chi connectivity index (χ2v) is 8.71. The minimum absolute atomic E-state index is 0.170. The fraction of sp³-hybridized carbons (Fsp3) is 0.545. The van der Waals surface area contributed by atoms with Crippen LogP contribution >= 0.6 is 8.53 Å². The number of ether oxygens (including phenoxy) is 1. The largest absolute Gasteiger partial charge is 0.436 e. The highest BCUT2D eigenvalue weighted by molar-refractivity contribution is 7.45. The van der Waals surface area contributed by atoms with E-state index in [0.717, 1.165) is 18.6 Å². The van der Waals surface area contributed by atoms with Crippen LogP contribution in [0.2, 0.25) is 0 Å². The summed E-state index contributed by atoms with van der Waals surface area (Å²) in [5.74, 6) is 0.486. The average Bonchev–Trinajstić information content (AvgIpc) is 3.30. The number of para-hydroxylation sites is 1. The number of hydrogen-bond donors (Lipinski definition) is 2. The van der Waals surface area contributed by atoms with Crippen molar-refractivity contribution in [3.63, 3.8) is 0 Å². The maximum Gasteiger partial charge on any atom is 0.318 e. The molecule has 0 radical (unpaired) electrons. The molecule has 31 heavy (non-hydrogen) atoms. The van der Waals surface area contributed by atoms with Crippen molar-refractivity contribution < 1.29 is 23.4 Å². The number of likely N-dealkylation sites (N-methyl/N-ethyl adjacent to an activating group) is 1. The molecule has 172 valence electrons. The molecule has 8 nitrogen and oxygen atoms in total. The van der Waals surface area contributed by atoms with Gasteiger partial charge in [0.2, 0.25) is 12.3 Å². The highest BCUT2D eigenvalue weighted by atomic mass is 31.2. The normalized spacial score (nSPS) is 17.3. The molecule has 1 fully saturated rings. The third kappa shape index (κ3) is 9.35. The summed E-state index contributed by atoms with van der Waals surface area (Å²) < 4.78 is 17.8. The number of methoxy groups -OCH3 is 1. The Kier molecular flexibility index (Phi) is 11.5. The number of rotatable bonds is 14. The van der Waals surface area contributed by atoms with E-state index in [2.05, 4.69) is 10.4 Å². The molecular formula is C22H34N3O5P. The van der Waals surface area contributed by atoms with E-state index in [0.29, 0.717) is 25.5 Å². The van der Waals surface area contributed by atoms with Crippen LogP contribution in [0.4, 0.5) is 0 Å². The minimum Gasteiger partial charge on any atom is -0.436 e. The van der Waals surface area contributed by atoms with Crippen molar-refractivity contribution in [2.75, 3.05) is 20.8 Å². The molecule has 0 bridgehead atoms. The number of benzene rings is 1. The van der Waals surface area contributed by atoms with Gasteiger partial charge >= 0.3 is 8.53 Å². The maximum atomic E-state index is 11.4. The van der Waals surface area contributed by atoms with E-state index in [1.54, 1.807) is 7.11 Å². The van der Waals surface area contributed by atoms with Gasteiger partial charge in [-0.05, 0) is 38.3 Å². The van der Waals surface area contributed by atoms with Crippen LogP contribution in [0, 0.1) is 0 Å². The summed E-state index contributed by atoms with van der Waals surface area (Å²) >= 11 is 0. The van der Waals surface area contributed by atoms with Gasteiger partial charge in [0.05, 0.1) is 12.7 Å². The topological polar surface area (TPSA) is 89.1 Å². The van der Waals surface area contributed by atoms with E-state index < -0.39 is 8.53 Å². The Morgan fingerprint density at radius 3 is 2.61 bits per heavy atom. The van der Waals surface area contributed by atoms with Crippen LogP contribution in [-0.4, -0.2) is 56.2 Å². The summed E-state index contributed by atoms with van der Waals surface area (Å²) in [5.41, 5.74) is 0. The second-order valence-electron chi connectivity index (χ2n) is 7.49. The highest BCUT2D eigenvalue weighted by Crippen LogP contribution is 2.38. The van der Waals surface area contributed by atoms with Gasteiger partial charge in [0.1, 0.15) is 5.75 Å². The predicted molar refractivity (Wildman–Crippen MR) is 121 cm³/mol. The Labute approximate surface area is 186 Å². The zero-order chi connectivity index (χ0) is 22.5. The zero-order valence-electron chi connectivity index (χ0n) is 18.5. The first-order chi connectivity index (χ1) is 15.0. The van der Waals surface area contributed by atoms with Crippen LogP contribution in [0.5, 0.6) is 5.75 Å². The lowest BCUT2D eigenvalue weighted by Crippen LogP contribution is -2.34. The van der Waals surface area contributed by atoms with Crippen LogP contribution in [-0.2, 0) is 18.8 Å². The highest BCUT2D eigenvalue weighted by Gasteiger charge is 2.24. The molecule has 0 saturated heterocycles. The Bertz CT molecular complexity index is 685. The number of carbonyl (C=O) groups excluding carboxylic acids is 2. The SMILES string of the molecule is CNC(=O)/C=C\N(C=O)C(C)CC(COP(NC1CCCC1)Oc1ccccc1)OC. The second kappa shape index (κ2) is 14.1. The van der Waals surface area contributed by atoms with Crippen LogP contribution in [0.3, 0.4) is 0 Å². The first kappa shape index (κ1) is 25.3. The molecule has 0 spiro atoms. The van der Waals surface area contributed by atoms with E-state index in [4.69, 9.17) is 13.8 Å². The summed E-state index contributed by atoms with van der Waals surface area (Å²) in [7, 11) is 1.83. The van der Waals surface area contributed by atoms with Gasteiger partial charge < -0.3 is 24.0 Å². The van der Waals surface area contributed by atoms with Gasteiger partial charge in [-0.1, -0.05) is 31.0 Å². The summed E-state index contributed by atoms with van der Waals surface area (Å²) in [6, 6.07) is 9.85. The van der Waals surface area contributed by atoms with E-state index in [1.165, 1.54) is 37.1 Å². The number of amides is 2. The summed E-state index contributed by atoms with van der Waals surface area (Å²) in [6.45, 7) is 2.22. The van der Waals surface area contributed by atoms with Gasteiger partial charge in [-0.2, -0.15) is 0 Å².